The van der Waals surface area contributed by atoms with Crippen molar-refractivity contribution in [2.45, 2.75) is 6.92 Å². The highest BCUT2D eigenvalue weighted by Gasteiger charge is 2.21. The van der Waals surface area contributed by atoms with Crippen LogP contribution in [0, 0.1) is 0 Å². The highest BCUT2D eigenvalue weighted by atomic mass is 16.5. The van der Waals surface area contributed by atoms with E-state index in [1.54, 1.807) is 19.1 Å². The van der Waals surface area contributed by atoms with Gasteiger partial charge in [-0.25, -0.2) is 9.59 Å². The first-order valence-electron chi connectivity index (χ1n) is 9.83. The van der Waals surface area contributed by atoms with Gasteiger partial charge in [0, 0.05) is 57.3 Å². The summed E-state index contributed by atoms with van der Waals surface area (Å²) in [5.74, 6) is -0.306. The number of nitrogens with one attached hydrogen (secondary N) is 1. The van der Waals surface area contributed by atoms with Crippen molar-refractivity contribution in [3.05, 3.63) is 54.1 Å². The van der Waals surface area contributed by atoms with Gasteiger partial charge in [0.1, 0.15) is 0 Å². The van der Waals surface area contributed by atoms with Crippen molar-refractivity contribution in [1.29, 1.82) is 0 Å². The summed E-state index contributed by atoms with van der Waals surface area (Å²) in [6, 6.07) is 15.1. The fraction of sp³-hybridized carbons (Fsp3) is 0.364. The van der Waals surface area contributed by atoms with Crippen molar-refractivity contribution >= 4 is 29.1 Å². The molecule has 2 aromatic carbocycles. The van der Waals surface area contributed by atoms with Gasteiger partial charge >= 0.3 is 12.0 Å². The molecule has 1 N–H and O–H groups in total. The number of benzene rings is 2. The molecule has 0 aliphatic carbocycles. The predicted octanol–water partition coefficient (Wildman–Crippen LogP) is 3.28. The number of carbonyl (C=O) groups is 2. The van der Waals surface area contributed by atoms with Gasteiger partial charge in [0.15, 0.2) is 0 Å². The Balaban J connectivity index is 1.52. The van der Waals surface area contributed by atoms with Crippen LogP contribution in [-0.2, 0) is 4.74 Å². The van der Waals surface area contributed by atoms with Gasteiger partial charge in [0.05, 0.1) is 12.2 Å². The second-order valence-corrected chi connectivity index (χ2v) is 7.11. The molecule has 0 saturated carbocycles. The number of piperazine rings is 1. The fourth-order valence-electron chi connectivity index (χ4n) is 3.24. The van der Waals surface area contributed by atoms with Gasteiger partial charge in [-0.2, -0.15) is 0 Å². The largest absolute Gasteiger partial charge is 0.462 e. The number of anilines is 3. The SMILES string of the molecule is CCOC(=O)c1ccc(N2CCN(C(=O)Nc3ccc(N(C)C)cc3)CC2)cc1. The highest BCUT2D eigenvalue weighted by Crippen LogP contribution is 2.19. The number of amides is 2. The number of esters is 1. The zero-order valence-electron chi connectivity index (χ0n) is 17.2. The first-order valence-corrected chi connectivity index (χ1v) is 9.83. The van der Waals surface area contributed by atoms with E-state index in [1.807, 2.05) is 60.3 Å². The number of nitrogens with zero attached hydrogens (tertiary/aromatic N) is 3. The maximum atomic E-state index is 12.5. The van der Waals surface area contributed by atoms with E-state index in [9.17, 15) is 9.59 Å². The van der Waals surface area contributed by atoms with E-state index in [0.29, 0.717) is 25.3 Å². The van der Waals surface area contributed by atoms with Gasteiger partial charge in [-0.1, -0.05) is 0 Å². The van der Waals surface area contributed by atoms with E-state index >= 15 is 0 Å². The molecule has 0 radical (unpaired) electrons. The Hall–Kier alpha value is -3.22. The third kappa shape index (κ3) is 5.19. The zero-order valence-corrected chi connectivity index (χ0v) is 17.2. The highest BCUT2D eigenvalue weighted by molar-refractivity contribution is 5.90. The topological polar surface area (TPSA) is 65.1 Å². The molecule has 1 fully saturated rings. The van der Waals surface area contributed by atoms with Gasteiger partial charge in [-0.05, 0) is 55.5 Å². The molecule has 3 rings (SSSR count). The number of urea groups is 1. The van der Waals surface area contributed by atoms with E-state index in [4.69, 9.17) is 4.74 Å². The van der Waals surface area contributed by atoms with Crippen LogP contribution >= 0.6 is 0 Å². The minimum atomic E-state index is -0.306. The maximum Gasteiger partial charge on any atom is 0.338 e. The standard InChI is InChI=1S/C22H28N4O3/c1-4-29-21(27)17-5-9-20(10-6-17)25-13-15-26(16-14-25)22(28)23-18-7-11-19(12-8-18)24(2)3/h5-12H,4,13-16H2,1-3H3,(H,23,28). The molecule has 0 spiro atoms. The van der Waals surface area contributed by atoms with Crippen molar-refractivity contribution in [2.24, 2.45) is 0 Å². The second kappa shape index (κ2) is 9.32. The first-order chi connectivity index (χ1) is 14.0. The number of rotatable bonds is 5. The number of carbonyl (C=O) groups excluding carboxylic acids is 2. The molecule has 0 unspecified atom stereocenters. The van der Waals surface area contributed by atoms with Crippen molar-refractivity contribution < 1.29 is 14.3 Å². The molecule has 1 saturated heterocycles. The number of ether oxygens (including phenoxy) is 1. The average Bonchev–Trinajstić information content (AvgIpc) is 2.74. The number of hydrogen-bond donors (Lipinski definition) is 1. The van der Waals surface area contributed by atoms with Crippen LogP contribution in [0.4, 0.5) is 21.9 Å². The summed E-state index contributed by atoms with van der Waals surface area (Å²) < 4.78 is 5.01. The van der Waals surface area contributed by atoms with Gasteiger partial charge < -0.3 is 24.8 Å². The van der Waals surface area contributed by atoms with Crippen LogP contribution in [0.3, 0.4) is 0 Å². The first kappa shape index (κ1) is 20.5. The van der Waals surface area contributed by atoms with Gasteiger partial charge in [-0.3, -0.25) is 0 Å². The normalized spacial score (nSPS) is 13.8. The summed E-state index contributed by atoms with van der Waals surface area (Å²) in [6.07, 6.45) is 0. The van der Waals surface area contributed by atoms with Gasteiger partial charge in [0.2, 0.25) is 0 Å². The Morgan fingerprint density at radius 1 is 0.966 bits per heavy atom. The van der Waals surface area contributed by atoms with Crippen molar-refractivity contribution in [3.8, 4) is 0 Å². The van der Waals surface area contributed by atoms with Crippen LogP contribution in [0.2, 0.25) is 0 Å². The van der Waals surface area contributed by atoms with Crippen molar-refractivity contribution in [2.75, 3.05) is 62.0 Å². The second-order valence-electron chi connectivity index (χ2n) is 7.11. The fourth-order valence-corrected chi connectivity index (χ4v) is 3.24. The van der Waals surface area contributed by atoms with Crippen LogP contribution < -0.4 is 15.1 Å². The molecular weight excluding hydrogens is 368 g/mol. The Morgan fingerprint density at radius 3 is 2.14 bits per heavy atom. The van der Waals surface area contributed by atoms with Crippen LogP contribution in [0.25, 0.3) is 0 Å². The smallest absolute Gasteiger partial charge is 0.338 e. The summed E-state index contributed by atoms with van der Waals surface area (Å²) in [5, 5.41) is 2.96. The Bertz CT molecular complexity index is 826. The molecule has 0 atom stereocenters. The van der Waals surface area contributed by atoms with Crippen LogP contribution in [0.5, 0.6) is 0 Å². The molecule has 29 heavy (non-hydrogen) atoms. The molecule has 0 aromatic heterocycles. The molecule has 2 amide bonds. The Labute approximate surface area is 171 Å². The molecule has 1 aliphatic heterocycles. The summed E-state index contributed by atoms with van der Waals surface area (Å²) in [4.78, 5) is 30.4. The van der Waals surface area contributed by atoms with E-state index < -0.39 is 0 Å². The Morgan fingerprint density at radius 2 is 1.59 bits per heavy atom. The molecule has 2 aromatic rings. The lowest BCUT2D eigenvalue weighted by atomic mass is 10.2. The lowest BCUT2D eigenvalue weighted by Crippen LogP contribution is -2.50. The lowest BCUT2D eigenvalue weighted by molar-refractivity contribution is 0.0526. The molecule has 1 heterocycles. The summed E-state index contributed by atoms with van der Waals surface area (Å²) in [5.41, 5.74) is 3.47. The molecule has 7 nitrogen and oxygen atoms in total. The van der Waals surface area contributed by atoms with Crippen molar-refractivity contribution in [1.82, 2.24) is 4.90 Å². The molecule has 154 valence electrons. The van der Waals surface area contributed by atoms with Gasteiger partial charge in [0.25, 0.3) is 0 Å². The molecule has 1 aliphatic rings. The van der Waals surface area contributed by atoms with Crippen LogP contribution in [0.1, 0.15) is 17.3 Å². The molecule has 7 heteroatoms. The van der Waals surface area contributed by atoms with Gasteiger partial charge in [-0.15, -0.1) is 0 Å². The monoisotopic (exact) mass is 396 g/mol. The minimum Gasteiger partial charge on any atom is -0.462 e. The molecule has 0 bridgehead atoms. The molecular formula is C22H28N4O3. The quantitative estimate of drug-likeness (QED) is 0.786. The van der Waals surface area contributed by atoms with Crippen molar-refractivity contribution in [3.63, 3.8) is 0 Å². The Kier molecular flexibility index (Phi) is 6.59. The van der Waals surface area contributed by atoms with E-state index in [1.165, 1.54) is 0 Å². The lowest BCUT2D eigenvalue weighted by Gasteiger charge is -2.36. The predicted molar refractivity (Wildman–Crippen MR) is 116 cm³/mol. The summed E-state index contributed by atoms with van der Waals surface area (Å²) >= 11 is 0. The summed E-state index contributed by atoms with van der Waals surface area (Å²) in [6.45, 7) is 4.92. The van der Waals surface area contributed by atoms with E-state index in [2.05, 4.69) is 10.2 Å². The average molecular weight is 396 g/mol. The third-order valence-corrected chi connectivity index (χ3v) is 4.95. The minimum absolute atomic E-state index is 0.0834. The number of hydrogen-bond acceptors (Lipinski definition) is 5. The van der Waals surface area contributed by atoms with E-state index in [-0.39, 0.29) is 12.0 Å². The van der Waals surface area contributed by atoms with Crippen LogP contribution in [0.15, 0.2) is 48.5 Å². The van der Waals surface area contributed by atoms with E-state index in [0.717, 1.165) is 30.2 Å². The zero-order chi connectivity index (χ0) is 20.8. The van der Waals surface area contributed by atoms with Crippen LogP contribution in [-0.4, -0.2) is 63.8 Å². The third-order valence-electron chi connectivity index (χ3n) is 4.95. The summed E-state index contributed by atoms with van der Waals surface area (Å²) in [7, 11) is 3.97. The maximum absolute atomic E-state index is 12.5.